The SMILES string of the molecule is COc1ccc(-c2nnc(SCc3cc(C)on3)n2C(C)C)cc1. The number of aryl methyl sites for hydroxylation is 1. The number of ether oxygens (including phenoxy) is 1. The Morgan fingerprint density at radius 3 is 2.54 bits per heavy atom. The number of hydrogen-bond acceptors (Lipinski definition) is 6. The fourth-order valence-electron chi connectivity index (χ4n) is 2.40. The van der Waals surface area contributed by atoms with Crippen molar-refractivity contribution in [3.63, 3.8) is 0 Å². The van der Waals surface area contributed by atoms with E-state index in [9.17, 15) is 0 Å². The Kier molecular flexibility index (Phi) is 4.89. The Labute approximate surface area is 145 Å². The number of nitrogens with zero attached hydrogens (tertiary/aromatic N) is 4. The van der Waals surface area contributed by atoms with Gasteiger partial charge in [0, 0.05) is 23.4 Å². The van der Waals surface area contributed by atoms with Crippen LogP contribution in [0.2, 0.25) is 0 Å². The number of thioether (sulfide) groups is 1. The lowest BCUT2D eigenvalue weighted by atomic mass is 10.2. The molecule has 0 spiro atoms. The highest BCUT2D eigenvalue weighted by Gasteiger charge is 2.17. The van der Waals surface area contributed by atoms with Crippen LogP contribution in [0.1, 0.15) is 31.3 Å². The van der Waals surface area contributed by atoms with E-state index in [1.165, 1.54) is 0 Å². The minimum atomic E-state index is 0.249. The highest BCUT2D eigenvalue weighted by molar-refractivity contribution is 7.98. The van der Waals surface area contributed by atoms with Crippen LogP contribution in [0.15, 0.2) is 40.0 Å². The summed E-state index contributed by atoms with van der Waals surface area (Å²) in [4.78, 5) is 0. The summed E-state index contributed by atoms with van der Waals surface area (Å²) in [6.45, 7) is 6.14. The van der Waals surface area contributed by atoms with E-state index in [-0.39, 0.29) is 6.04 Å². The molecule has 2 aromatic heterocycles. The van der Waals surface area contributed by atoms with Crippen LogP contribution in [0.4, 0.5) is 0 Å². The zero-order chi connectivity index (χ0) is 17.1. The molecule has 3 rings (SSSR count). The van der Waals surface area contributed by atoms with Crippen LogP contribution < -0.4 is 4.74 Å². The summed E-state index contributed by atoms with van der Waals surface area (Å²) in [5, 5.41) is 13.6. The number of methoxy groups -OCH3 is 1. The van der Waals surface area contributed by atoms with Gasteiger partial charge in [-0.25, -0.2) is 0 Å². The van der Waals surface area contributed by atoms with Gasteiger partial charge in [0.15, 0.2) is 11.0 Å². The molecule has 0 aliphatic heterocycles. The van der Waals surface area contributed by atoms with Crippen molar-refractivity contribution in [2.24, 2.45) is 0 Å². The molecule has 0 radical (unpaired) electrons. The van der Waals surface area contributed by atoms with Crippen molar-refractivity contribution in [3.05, 3.63) is 41.8 Å². The van der Waals surface area contributed by atoms with Gasteiger partial charge in [-0.05, 0) is 45.0 Å². The summed E-state index contributed by atoms with van der Waals surface area (Å²) in [5.74, 6) is 3.19. The van der Waals surface area contributed by atoms with E-state index in [2.05, 4.69) is 33.8 Å². The highest BCUT2D eigenvalue weighted by atomic mass is 32.2. The van der Waals surface area contributed by atoms with Gasteiger partial charge >= 0.3 is 0 Å². The van der Waals surface area contributed by atoms with E-state index in [0.717, 1.165) is 33.7 Å². The third-order valence-corrected chi connectivity index (χ3v) is 4.53. The molecule has 6 nitrogen and oxygen atoms in total. The Morgan fingerprint density at radius 1 is 1.21 bits per heavy atom. The number of hydrogen-bond donors (Lipinski definition) is 0. The lowest BCUT2D eigenvalue weighted by Gasteiger charge is -2.13. The second kappa shape index (κ2) is 7.09. The minimum Gasteiger partial charge on any atom is -0.497 e. The molecular weight excluding hydrogens is 324 g/mol. The Balaban J connectivity index is 1.86. The summed E-state index contributed by atoms with van der Waals surface area (Å²) < 4.78 is 12.5. The van der Waals surface area contributed by atoms with Gasteiger partial charge < -0.3 is 9.26 Å². The van der Waals surface area contributed by atoms with Gasteiger partial charge in [0.25, 0.3) is 0 Å². The molecule has 0 amide bonds. The van der Waals surface area contributed by atoms with Crippen molar-refractivity contribution < 1.29 is 9.26 Å². The zero-order valence-corrected chi connectivity index (χ0v) is 15.0. The molecule has 1 aromatic carbocycles. The Bertz CT molecular complexity index is 808. The molecule has 7 heteroatoms. The van der Waals surface area contributed by atoms with E-state index in [1.807, 2.05) is 37.3 Å². The van der Waals surface area contributed by atoms with Gasteiger partial charge in [-0.3, -0.25) is 4.57 Å². The quantitative estimate of drug-likeness (QED) is 0.627. The summed E-state index contributed by atoms with van der Waals surface area (Å²) in [6.07, 6.45) is 0. The first-order valence-electron chi connectivity index (χ1n) is 7.73. The lowest BCUT2D eigenvalue weighted by Crippen LogP contribution is -2.05. The molecule has 126 valence electrons. The fourth-order valence-corrected chi connectivity index (χ4v) is 3.35. The summed E-state index contributed by atoms with van der Waals surface area (Å²) in [6, 6.07) is 10.0. The molecule has 0 saturated carbocycles. The van der Waals surface area contributed by atoms with Gasteiger partial charge in [0.05, 0.1) is 12.8 Å². The molecule has 0 aliphatic carbocycles. The predicted molar refractivity (Wildman–Crippen MR) is 93.2 cm³/mol. The molecule has 0 unspecified atom stereocenters. The maximum absolute atomic E-state index is 5.21. The molecule has 2 heterocycles. The number of aromatic nitrogens is 4. The minimum absolute atomic E-state index is 0.249. The highest BCUT2D eigenvalue weighted by Crippen LogP contribution is 2.30. The molecule has 3 aromatic rings. The standard InChI is InChI=1S/C17H20N4O2S/c1-11(2)21-16(13-5-7-15(22-4)8-6-13)18-19-17(21)24-10-14-9-12(3)23-20-14/h5-9,11H,10H2,1-4H3. The lowest BCUT2D eigenvalue weighted by molar-refractivity contribution is 0.393. The van der Waals surface area contributed by atoms with Gasteiger partial charge in [-0.2, -0.15) is 0 Å². The van der Waals surface area contributed by atoms with Crippen molar-refractivity contribution >= 4 is 11.8 Å². The van der Waals surface area contributed by atoms with E-state index in [0.29, 0.717) is 5.75 Å². The van der Waals surface area contributed by atoms with Crippen LogP contribution >= 0.6 is 11.8 Å². The van der Waals surface area contributed by atoms with Crippen LogP contribution in [0, 0.1) is 6.92 Å². The average Bonchev–Trinajstić information content (AvgIpc) is 3.19. The van der Waals surface area contributed by atoms with E-state index in [4.69, 9.17) is 9.26 Å². The second-order valence-corrected chi connectivity index (χ2v) is 6.66. The van der Waals surface area contributed by atoms with E-state index < -0.39 is 0 Å². The van der Waals surface area contributed by atoms with Crippen LogP contribution in [0.25, 0.3) is 11.4 Å². The van der Waals surface area contributed by atoms with Crippen LogP contribution in [-0.4, -0.2) is 27.0 Å². The maximum Gasteiger partial charge on any atom is 0.192 e. The third kappa shape index (κ3) is 3.46. The van der Waals surface area contributed by atoms with Crippen molar-refractivity contribution in [1.29, 1.82) is 0 Å². The normalized spacial score (nSPS) is 11.2. The molecule has 0 bridgehead atoms. The third-order valence-electron chi connectivity index (χ3n) is 3.56. The van der Waals surface area contributed by atoms with Gasteiger partial charge in [-0.15, -0.1) is 10.2 Å². The monoisotopic (exact) mass is 344 g/mol. The second-order valence-electron chi connectivity index (χ2n) is 5.72. The molecular formula is C17H20N4O2S. The van der Waals surface area contributed by atoms with Crippen molar-refractivity contribution in [2.45, 2.75) is 37.7 Å². The maximum atomic E-state index is 5.21. The first-order valence-corrected chi connectivity index (χ1v) is 8.71. The summed E-state index contributed by atoms with van der Waals surface area (Å²) in [7, 11) is 1.66. The van der Waals surface area contributed by atoms with E-state index >= 15 is 0 Å². The smallest absolute Gasteiger partial charge is 0.192 e. The summed E-state index contributed by atoms with van der Waals surface area (Å²) in [5.41, 5.74) is 1.92. The first kappa shape index (κ1) is 16.6. The molecule has 0 N–H and O–H groups in total. The first-order chi connectivity index (χ1) is 11.6. The zero-order valence-electron chi connectivity index (χ0n) is 14.2. The van der Waals surface area contributed by atoms with Crippen LogP contribution in [0.5, 0.6) is 5.75 Å². The summed E-state index contributed by atoms with van der Waals surface area (Å²) >= 11 is 1.61. The van der Waals surface area contributed by atoms with Crippen LogP contribution in [-0.2, 0) is 5.75 Å². The molecule has 0 aliphatic rings. The molecule has 0 fully saturated rings. The fraction of sp³-hybridized carbons (Fsp3) is 0.353. The van der Waals surface area contributed by atoms with Gasteiger partial charge in [-0.1, -0.05) is 16.9 Å². The average molecular weight is 344 g/mol. The largest absolute Gasteiger partial charge is 0.497 e. The van der Waals surface area contributed by atoms with Crippen molar-refractivity contribution in [1.82, 2.24) is 19.9 Å². The Hall–Kier alpha value is -2.28. The molecule has 24 heavy (non-hydrogen) atoms. The molecule has 0 atom stereocenters. The topological polar surface area (TPSA) is 66.0 Å². The van der Waals surface area contributed by atoms with Crippen LogP contribution in [0.3, 0.4) is 0 Å². The molecule has 0 saturated heterocycles. The Morgan fingerprint density at radius 2 is 1.96 bits per heavy atom. The van der Waals surface area contributed by atoms with Crippen molar-refractivity contribution in [2.75, 3.05) is 7.11 Å². The number of rotatable bonds is 6. The van der Waals surface area contributed by atoms with E-state index in [1.54, 1.807) is 18.9 Å². The van der Waals surface area contributed by atoms with Gasteiger partial charge in [0.1, 0.15) is 11.5 Å². The predicted octanol–water partition coefficient (Wildman–Crippen LogP) is 4.12. The van der Waals surface area contributed by atoms with Gasteiger partial charge in [0.2, 0.25) is 0 Å². The van der Waals surface area contributed by atoms with Crippen molar-refractivity contribution in [3.8, 4) is 17.1 Å². The number of benzene rings is 1.